The maximum Gasteiger partial charge on any atom is 0.315 e. The number of rotatable bonds is 6. The Kier molecular flexibility index (Phi) is 6.55. The molecule has 2 amide bonds. The SMILES string of the molecule is CC(C)(C)C(CN1CCc2ccccc2C1)NC(=O)NCc1ccc(-n2ccnc2)nc1. The number of nitrogens with zero attached hydrogens (tertiary/aromatic N) is 4. The minimum atomic E-state index is -0.152. The summed E-state index contributed by atoms with van der Waals surface area (Å²) in [5, 5.41) is 6.19. The molecule has 0 bridgehead atoms. The first-order chi connectivity index (χ1) is 15.4. The third kappa shape index (κ3) is 5.53. The normalized spacial score (nSPS) is 15.1. The molecule has 1 aromatic carbocycles. The van der Waals surface area contributed by atoms with E-state index >= 15 is 0 Å². The molecule has 7 nitrogen and oxygen atoms in total. The van der Waals surface area contributed by atoms with Crippen molar-refractivity contribution >= 4 is 6.03 Å². The number of hydrogen-bond donors (Lipinski definition) is 2. The number of urea groups is 1. The fourth-order valence-electron chi connectivity index (χ4n) is 3.96. The Balaban J connectivity index is 1.31. The summed E-state index contributed by atoms with van der Waals surface area (Å²) in [7, 11) is 0. The molecule has 3 aromatic rings. The smallest absolute Gasteiger partial charge is 0.315 e. The van der Waals surface area contributed by atoms with Crippen LogP contribution in [0.2, 0.25) is 0 Å². The molecule has 0 spiro atoms. The highest BCUT2D eigenvalue weighted by Crippen LogP contribution is 2.24. The van der Waals surface area contributed by atoms with Crippen LogP contribution in [-0.2, 0) is 19.5 Å². The second-order valence-electron chi connectivity index (χ2n) is 9.49. The van der Waals surface area contributed by atoms with Crippen LogP contribution < -0.4 is 10.6 Å². The van der Waals surface area contributed by atoms with Crippen molar-refractivity contribution in [2.24, 2.45) is 5.41 Å². The summed E-state index contributed by atoms with van der Waals surface area (Å²) < 4.78 is 1.84. The molecule has 4 rings (SSSR count). The van der Waals surface area contributed by atoms with E-state index in [4.69, 9.17) is 0 Å². The Morgan fingerprint density at radius 3 is 2.66 bits per heavy atom. The zero-order chi connectivity index (χ0) is 22.6. The maximum absolute atomic E-state index is 12.7. The first kappa shape index (κ1) is 22.0. The van der Waals surface area contributed by atoms with Gasteiger partial charge in [-0.1, -0.05) is 51.1 Å². The number of carbonyl (C=O) groups is 1. The molecule has 2 N–H and O–H groups in total. The van der Waals surface area contributed by atoms with Gasteiger partial charge in [-0.05, 0) is 34.6 Å². The third-order valence-corrected chi connectivity index (χ3v) is 6.03. The Labute approximate surface area is 189 Å². The number of amides is 2. The summed E-state index contributed by atoms with van der Waals surface area (Å²) >= 11 is 0. The van der Waals surface area contributed by atoms with Crippen molar-refractivity contribution in [1.82, 2.24) is 30.1 Å². The monoisotopic (exact) mass is 432 g/mol. The highest BCUT2D eigenvalue weighted by atomic mass is 16.2. The van der Waals surface area contributed by atoms with Gasteiger partial charge in [-0.15, -0.1) is 0 Å². The van der Waals surface area contributed by atoms with Gasteiger partial charge in [0, 0.05) is 50.8 Å². The molecule has 1 aliphatic rings. The summed E-state index contributed by atoms with van der Waals surface area (Å²) in [6.07, 6.45) is 8.11. The predicted octanol–water partition coefficient (Wildman–Crippen LogP) is 3.54. The predicted molar refractivity (Wildman–Crippen MR) is 125 cm³/mol. The van der Waals surface area contributed by atoms with Gasteiger partial charge in [0.25, 0.3) is 0 Å². The van der Waals surface area contributed by atoms with Gasteiger partial charge in [-0.2, -0.15) is 0 Å². The van der Waals surface area contributed by atoms with E-state index < -0.39 is 0 Å². The van der Waals surface area contributed by atoms with Crippen LogP contribution in [0.1, 0.15) is 37.5 Å². The lowest BCUT2D eigenvalue weighted by Crippen LogP contribution is -2.53. The zero-order valence-corrected chi connectivity index (χ0v) is 19.1. The minimum absolute atomic E-state index is 0.0366. The van der Waals surface area contributed by atoms with Gasteiger partial charge >= 0.3 is 6.03 Å². The molecule has 1 atom stereocenters. The third-order valence-electron chi connectivity index (χ3n) is 6.03. The van der Waals surface area contributed by atoms with Crippen LogP contribution in [0.15, 0.2) is 61.3 Å². The Morgan fingerprint density at radius 1 is 1.16 bits per heavy atom. The second kappa shape index (κ2) is 9.53. The Hall–Kier alpha value is -3.19. The standard InChI is InChI=1S/C25H32N6O/c1-25(2,3)22(17-30-12-10-20-6-4-5-7-21(20)16-30)29-24(32)28-15-19-8-9-23(27-14-19)31-13-11-26-18-31/h4-9,11,13-14,18,22H,10,12,15-17H2,1-3H3,(H2,28,29,32). The maximum atomic E-state index is 12.7. The molecule has 1 unspecified atom stereocenters. The number of imidazole rings is 1. The summed E-state index contributed by atoms with van der Waals surface area (Å²) in [5.74, 6) is 0.798. The fourth-order valence-corrected chi connectivity index (χ4v) is 3.96. The lowest BCUT2D eigenvalue weighted by Gasteiger charge is -2.37. The van der Waals surface area contributed by atoms with Crippen LogP contribution in [-0.4, -0.2) is 44.6 Å². The Morgan fingerprint density at radius 2 is 1.97 bits per heavy atom. The summed E-state index contributed by atoms with van der Waals surface area (Å²) in [5.41, 5.74) is 3.73. The van der Waals surface area contributed by atoms with Crippen molar-refractivity contribution in [3.05, 3.63) is 78.0 Å². The van der Waals surface area contributed by atoms with Gasteiger partial charge in [0.1, 0.15) is 12.1 Å². The van der Waals surface area contributed by atoms with E-state index in [0.717, 1.165) is 37.4 Å². The minimum Gasteiger partial charge on any atom is -0.334 e. The average molecular weight is 433 g/mol. The van der Waals surface area contributed by atoms with E-state index in [9.17, 15) is 4.79 Å². The molecule has 32 heavy (non-hydrogen) atoms. The molecule has 0 saturated carbocycles. The molecular formula is C25H32N6O. The lowest BCUT2D eigenvalue weighted by atomic mass is 9.86. The highest BCUT2D eigenvalue weighted by Gasteiger charge is 2.29. The van der Waals surface area contributed by atoms with E-state index in [1.807, 2.05) is 22.9 Å². The van der Waals surface area contributed by atoms with Gasteiger partial charge in [-0.25, -0.2) is 14.8 Å². The van der Waals surface area contributed by atoms with Crippen LogP contribution in [0, 0.1) is 5.41 Å². The van der Waals surface area contributed by atoms with E-state index in [2.05, 4.69) is 70.5 Å². The van der Waals surface area contributed by atoms with Crippen LogP contribution >= 0.6 is 0 Å². The van der Waals surface area contributed by atoms with Crippen molar-refractivity contribution in [1.29, 1.82) is 0 Å². The zero-order valence-electron chi connectivity index (χ0n) is 19.1. The molecule has 0 saturated heterocycles. The van der Waals surface area contributed by atoms with Crippen molar-refractivity contribution in [3.63, 3.8) is 0 Å². The number of carbonyl (C=O) groups excluding carboxylic acids is 1. The molecule has 3 heterocycles. The van der Waals surface area contributed by atoms with Gasteiger partial charge in [0.2, 0.25) is 0 Å². The van der Waals surface area contributed by atoms with Gasteiger partial charge in [0.15, 0.2) is 0 Å². The fraction of sp³-hybridized carbons (Fsp3) is 0.400. The number of nitrogens with one attached hydrogen (secondary N) is 2. The van der Waals surface area contributed by atoms with Gasteiger partial charge in [0.05, 0.1) is 0 Å². The molecule has 0 fully saturated rings. The van der Waals surface area contributed by atoms with Gasteiger partial charge < -0.3 is 10.6 Å². The van der Waals surface area contributed by atoms with Gasteiger partial charge in [-0.3, -0.25) is 9.47 Å². The summed E-state index contributed by atoms with van der Waals surface area (Å²) in [4.78, 5) is 23.6. The van der Waals surface area contributed by atoms with Crippen LogP contribution in [0.5, 0.6) is 0 Å². The van der Waals surface area contributed by atoms with Crippen molar-refractivity contribution in [2.45, 2.75) is 46.3 Å². The molecule has 0 aliphatic carbocycles. The largest absolute Gasteiger partial charge is 0.334 e. The van der Waals surface area contributed by atoms with E-state index in [0.29, 0.717) is 6.54 Å². The van der Waals surface area contributed by atoms with E-state index in [-0.39, 0.29) is 17.5 Å². The second-order valence-corrected chi connectivity index (χ2v) is 9.49. The quantitative estimate of drug-likeness (QED) is 0.625. The molecule has 0 radical (unpaired) electrons. The molecule has 1 aliphatic heterocycles. The topological polar surface area (TPSA) is 75.1 Å². The molecule has 7 heteroatoms. The number of benzene rings is 1. The summed E-state index contributed by atoms with van der Waals surface area (Å²) in [6, 6.07) is 12.4. The first-order valence-corrected chi connectivity index (χ1v) is 11.2. The summed E-state index contributed by atoms with van der Waals surface area (Å²) in [6.45, 7) is 9.73. The van der Waals surface area contributed by atoms with Crippen LogP contribution in [0.25, 0.3) is 5.82 Å². The molecule has 2 aromatic heterocycles. The Bertz CT molecular complexity index is 1020. The lowest BCUT2D eigenvalue weighted by molar-refractivity contribution is 0.161. The number of pyridine rings is 1. The number of hydrogen-bond acceptors (Lipinski definition) is 4. The van der Waals surface area contributed by atoms with Crippen molar-refractivity contribution in [3.8, 4) is 5.82 Å². The number of fused-ring (bicyclic) bond motifs is 1. The van der Waals surface area contributed by atoms with Crippen LogP contribution in [0.3, 0.4) is 0 Å². The van der Waals surface area contributed by atoms with E-state index in [1.54, 1.807) is 18.7 Å². The molecule has 168 valence electrons. The van der Waals surface area contributed by atoms with Crippen molar-refractivity contribution < 1.29 is 4.79 Å². The number of aromatic nitrogens is 3. The van der Waals surface area contributed by atoms with Crippen molar-refractivity contribution in [2.75, 3.05) is 13.1 Å². The van der Waals surface area contributed by atoms with Crippen LogP contribution in [0.4, 0.5) is 4.79 Å². The van der Waals surface area contributed by atoms with E-state index in [1.165, 1.54) is 11.1 Å². The average Bonchev–Trinajstić information content (AvgIpc) is 3.32. The highest BCUT2D eigenvalue weighted by molar-refractivity contribution is 5.74. The first-order valence-electron chi connectivity index (χ1n) is 11.2. The molecular weight excluding hydrogens is 400 g/mol.